The Bertz CT molecular complexity index is 537. The molecule has 0 spiro atoms. The lowest BCUT2D eigenvalue weighted by molar-refractivity contribution is -0.147. The van der Waals surface area contributed by atoms with E-state index in [1.807, 2.05) is 13.8 Å². The molecular formula is C26H44O4. The maximum Gasteiger partial charge on any atom is 0.306 e. The van der Waals surface area contributed by atoms with Crippen molar-refractivity contribution in [3.8, 4) is 0 Å². The molecule has 0 aromatic carbocycles. The second-order valence-corrected chi connectivity index (χ2v) is 9.44. The molecule has 0 saturated heterocycles. The van der Waals surface area contributed by atoms with Crippen LogP contribution in [0.4, 0.5) is 0 Å². The summed E-state index contributed by atoms with van der Waals surface area (Å²) in [4.78, 5) is 11.7. The molecule has 0 aromatic rings. The lowest BCUT2D eigenvalue weighted by Gasteiger charge is -2.22. The first-order valence-electron chi connectivity index (χ1n) is 12.4. The van der Waals surface area contributed by atoms with Crippen LogP contribution in [0.3, 0.4) is 0 Å². The molecule has 3 atom stereocenters. The van der Waals surface area contributed by atoms with Gasteiger partial charge >= 0.3 is 5.97 Å². The van der Waals surface area contributed by atoms with Gasteiger partial charge in [0.25, 0.3) is 0 Å². The number of carbonyl (C=O) groups excluding carboxylic acids is 1. The first kappa shape index (κ1) is 25.0. The minimum atomic E-state index is -0.114. The SMILES string of the molecule is CC(C)OC(=O)CCC[C@H](CO)CC[C@H]1CCC[C@@H]1CCCCOC1=CCCC=C1. The number of unbranched alkanes of at least 4 members (excludes halogenated alkanes) is 1. The van der Waals surface area contributed by atoms with Crippen molar-refractivity contribution < 1.29 is 19.4 Å². The van der Waals surface area contributed by atoms with Gasteiger partial charge in [0.05, 0.1) is 12.7 Å². The van der Waals surface area contributed by atoms with Crippen LogP contribution < -0.4 is 0 Å². The Kier molecular flexibility index (Phi) is 12.2. The van der Waals surface area contributed by atoms with E-state index in [1.165, 1.54) is 38.5 Å². The number of hydrogen-bond acceptors (Lipinski definition) is 4. The first-order valence-corrected chi connectivity index (χ1v) is 12.4. The van der Waals surface area contributed by atoms with Crippen LogP contribution in [-0.4, -0.2) is 30.4 Å². The molecule has 1 saturated carbocycles. The van der Waals surface area contributed by atoms with Crippen LogP contribution in [0.25, 0.3) is 0 Å². The Hall–Kier alpha value is -1.29. The number of allylic oxidation sites excluding steroid dienone is 3. The fraction of sp³-hybridized carbons (Fsp3) is 0.808. The van der Waals surface area contributed by atoms with Crippen LogP contribution in [0.15, 0.2) is 24.0 Å². The van der Waals surface area contributed by atoms with Gasteiger partial charge in [-0.05, 0) is 95.1 Å². The highest BCUT2D eigenvalue weighted by molar-refractivity contribution is 5.69. The zero-order valence-electron chi connectivity index (χ0n) is 19.3. The van der Waals surface area contributed by atoms with E-state index < -0.39 is 0 Å². The number of hydrogen-bond donors (Lipinski definition) is 1. The van der Waals surface area contributed by atoms with E-state index in [1.54, 1.807) is 0 Å². The highest BCUT2D eigenvalue weighted by Gasteiger charge is 2.27. The average molecular weight is 421 g/mol. The Balaban J connectivity index is 1.57. The van der Waals surface area contributed by atoms with Crippen molar-refractivity contribution in [2.24, 2.45) is 17.8 Å². The molecule has 0 radical (unpaired) electrons. The van der Waals surface area contributed by atoms with Crippen molar-refractivity contribution in [1.29, 1.82) is 0 Å². The number of carbonyl (C=O) groups is 1. The van der Waals surface area contributed by atoms with Crippen molar-refractivity contribution >= 4 is 5.97 Å². The third-order valence-electron chi connectivity index (χ3n) is 6.58. The van der Waals surface area contributed by atoms with Crippen LogP contribution in [0.2, 0.25) is 0 Å². The number of aliphatic hydroxyl groups excluding tert-OH is 1. The quantitative estimate of drug-likeness (QED) is 0.248. The molecule has 0 aliphatic heterocycles. The van der Waals surface area contributed by atoms with Gasteiger partial charge in [-0.3, -0.25) is 4.79 Å². The van der Waals surface area contributed by atoms with E-state index in [4.69, 9.17) is 9.47 Å². The highest BCUT2D eigenvalue weighted by Crippen LogP contribution is 2.39. The monoisotopic (exact) mass is 420 g/mol. The third kappa shape index (κ3) is 10.1. The Labute approximate surface area is 184 Å². The van der Waals surface area contributed by atoms with E-state index in [0.717, 1.165) is 62.7 Å². The molecule has 172 valence electrons. The molecule has 0 amide bonds. The van der Waals surface area contributed by atoms with Crippen molar-refractivity contribution in [3.63, 3.8) is 0 Å². The lowest BCUT2D eigenvalue weighted by atomic mass is 9.84. The zero-order chi connectivity index (χ0) is 21.6. The summed E-state index contributed by atoms with van der Waals surface area (Å²) in [5.74, 6) is 2.92. The molecule has 2 aliphatic carbocycles. The lowest BCUT2D eigenvalue weighted by Crippen LogP contribution is -2.14. The molecule has 4 nitrogen and oxygen atoms in total. The standard InChI is InChI=1S/C26H44O4/c1-21(2)30-26(28)16-8-10-22(20-27)17-18-24-13-9-12-23(24)11-6-7-19-29-25-14-4-3-5-15-25/h4,14-15,21-24,27H,3,5-13,16-20H2,1-2H3/t22-,23-,24+/m0/s1. The van der Waals surface area contributed by atoms with Gasteiger partial charge in [0, 0.05) is 13.0 Å². The smallest absolute Gasteiger partial charge is 0.306 e. The third-order valence-corrected chi connectivity index (χ3v) is 6.58. The summed E-state index contributed by atoms with van der Waals surface area (Å²) in [5, 5.41) is 9.75. The molecule has 4 heteroatoms. The van der Waals surface area contributed by atoms with E-state index in [2.05, 4.69) is 18.2 Å². The summed E-state index contributed by atoms with van der Waals surface area (Å²) in [6.45, 7) is 4.83. The van der Waals surface area contributed by atoms with Crippen molar-refractivity contribution in [2.75, 3.05) is 13.2 Å². The van der Waals surface area contributed by atoms with Gasteiger partial charge in [-0.2, -0.15) is 0 Å². The summed E-state index contributed by atoms with van der Waals surface area (Å²) < 4.78 is 11.1. The summed E-state index contributed by atoms with van der Waals surface area (Å²) >= 11 is 0. The van der Waals surface area contributed by atoms with Crippen molar-refractivity contribution in [1.82, 2.24) is 0 Å². The predicted octanol–water partition coefficient (Wildman–Crippen LogP) is 6.33. The fourth-order valence-corrected chi connectivity index (χ4v) is 4.90. The Morgan fingerprint density at radius 3 is 2.60 bits per heavy atom. The average Bonchev–Trinajstić information content (AvgIpc) is 3.18. The zero-order valence-corrected chi connectivity index (χ0v) is 19.3. The molecule has 2 aliphatic rings. The summed E-state index contributed by atoms with van der Waals surface area (Å²) in [6, 6.07) is 0. The summed E-state index contributed by atoms with van der Waals surface area (Å²) in [7, 11) is 0. The minimum absolute atomic E-state index is 0.0433. The molecule has 0 bridgehead atoms. The van der Waals surface area contributed by atoms with Gasteiger partial charge in [-0.1, -0.05) is 31.8 Å². The predicted molar refractivity (Wildman–Crippen MR) is 122 cm³/mol. The molecule has 1 fully saturated rings. The van der Waals surface area contributed by atoms with Crippen LogP contribution in [0.1, 0.15) is 97.3 Å². The Morgan fingerprint density at radius 1 is 1.10 bits per heavy atom. The molecule has 0 aromatic heterocycles. The van der Waals surface area contributed by atoms with Crippen LogP contribution in [0.5, 0.6) is 0 Å². The van der Waals surface area contributed by atoms with Crippen molar-refractivity contribution in [3.05, 3.63) is 24.0 Å². The highest BCUT2D eigenvalue weighted by atomic mass is 16.5. The van der Waals surface area contributed by atoms with Crippen molar-refractivity contribution in [2.45, 2.75) is 103 Å². The molecule has 0 heterocycles. The van der Waals surface area contributed by atoms with E-state index in [-0.39, 0.29) is 18.7 Å². The largest absolute Gasteiger partial charge is 0.494 e. The normalized spacial score (nSPS) is 22.2. The summed E-state index contributed by atoms with van der Waals surface area (Å²) in [6.07, 6.45) is 21.0. The number of rotatable bonds is 15. The fourth-order valence-electron chi connectivity index (χ4n) is 4.90. The molecular weight excluding hydrogens is 376 g/mol. The van der Waals surface area contributed by atoms with E-state index >= 15 is 0 Å². The maximum absolute atomic E-state index is 11.7. The first-order chi connectivity index (χ1) is 14.6. The van der Waals surface area contributed by atoms with Gasteiger partial charge in [-0.25, -0.2) is 0 Å². The van der Waals surface area contributed by atoms with Gasteiger partial charge in [0.2, 0.25) is 0 Å². The van der Waals surface area contributed by atoms with Gasteiger partial charge in [0.1, 0.15) is 5.76 Å². The van der Waals surface area contributed by atoms with Gasteiger partial charge in [-0.15, -0.1) is 0 Å². The second kappa shape index (κ2) is 14.7. The second-order valence-electron chi connectivity index (χ2n) is 9.44. The number of ether oxygens (including phenoxy) is 2. The van der Waals surface area contributed by atoms with E-state index in [0.29, 0.717) is 12.3 Å². The molecule has 30 heavy (non-hydrogen) atoms. The molecule has 0 unspecified atom stereocenters. The Morgan fingerprint density at radius 2 is 1.90 bits per heavy atom. The van der Waals surface area contributed by atoms with E-state index in [9.17, 15) is 9.90 Å². The van der Waals surface area contributed by atoms with Gasteiger partial charge < -0.3 is 14.6 Å². The minimum Gasteiger partial charge on any atom is -0.494 e. The number of aliphatic hydroxyl groups is 1. The van der Waals surface area contributed by atoms with Crippen LogP contribution in [-0.2, 0) is 14.3 Å². The van der Waals surface area contributed by atoms with Crippen LogP contribution in [0, 0.1) is 17.8 Å². The molecule has 1 N–H and O–H groups in total. The maximum atomic E-state index is 11.7. The molecule has 2 rings (SSSR count). The summed E-state index contributed by atoms with van der Waals surface area (Å²) in [5.41, 5.74) is 0. The topological polar surface area (TPSA) is 55.8 Å². The number of esters is 1. The van der Waals surface area contributed by atoms with Gasteiger partial charge in [0.15, 0.2) is 0 Å². The van der Waals surface area contributed by atoms with Crippen LogP contribution >= 0.6 is 0 Å².